The monoisotopic (exact) mass is 265 g/mol. The van der Waals surface area contributed by atoms with Crippen molar-refractivity contribution >= 4 is 11.7 Å². The molecule has 1 atom stereocenters. The van der Waals surface area contributed by atoms with Crippen LogP contribution in [0, 0.1) is 5.82 Å². The fraction of sp³-hybridized carbons (Fsp3) is 0.571. The van der Waals surface area contributed by atoms with Gasteiger partial charge in [-0.15, -0.1) is 0 Å². The molecule has 1 aromatic heterocycles. The molecule has 1 aliphatic heterocycles. The summed E-state index contributed by atoms with van der Waals surface area (Å²) in [5.41, 5.74) is 0. The molecule has 2 rings (SSSR count). The highest BCUT2D eigenvalue weighted by atomic mass is 19.1. The molecule has 1 saturated heterocycles. The molecule has 0 radical (unpaired) electrons. The van der Waals surface area contributed by atoms with Crippen LogP contribution in [0.4, 0.5) is 10.2 Å². The average Bonchev–Trinajstić information content (AvgIpc) is 2.83. The Balaban J connectivity index is 1.84. The van der Waals surface area contributed by atoms with Gasteiger partial charge < -0.3 is 10.2 Å². The Kier molecular flexibility index (Phi) is 4.71. The van der Waals surface area contributed by atoms with Gasteiger partial charge in [0.1, 0.15) is 0 Å². The summed E-state index contributed by atoms with van der Waals surface area (Å²) in [4.78, 5) is 17.6. The molecule has 0 aliphatic carbocycles. The third kappa shape index (κ3) is 3.43. The van der Waals surface area contributed by atoms with E-state index in [2.05, 4.69) is 17.2 Å². The zero-order chi connectivity index (χ0) is 13.7. The predicted molar refractivity (Wildman–Crippen MR) is 72.3 cm³/mol. The summed E-state index contributed by atoms with van der Waals surface area (Å²) in [7, 11) is 0. The van der Waals surface area contributed by atoms with Crippen molar-refractivity contribution in [1.82, 2.24) is 9.88 Å². The van der Waals surface area contributed by atoms with Gasteiger partial charge in [0.2, 0.25) is 5.91 Å². The zero-order valence-corrected chi connectivity index (χ0v) is 11.2. The van der Waals surface area contributed by atoms with Crippen LogP contribution in [0.3, 0.4) is 0 Å². The maximum atomic E-state index is 13.4. The third-order valence-corrected chi connectivity index (χ3v) is 3.55. The molecule has 0 saturated carbocycles. The van der Waals surface area contributed by atoms with Crippen LogP contribution in [0.1, 0.15) is 32.6 Å². The first kappa shape index (κ1) is 13.8. The van der Waals surface area contributed by atoms with E-state index in [1.165, 1.54) is 6.07 Å². The second kappa shape index (κ2) is 6.50. The summed E-state index contributed by atoms with van der Waals surface area (Å²) < 4.78 is 13.4. The van der Waals surface area contributed by atoms with Gasteiger partial charge in [0.25, 0.3) is 0 Å². The van der Waals surface area contributed by atoms with Gasteiger partial charge in [-0.1, -0.05) is 6.92 Å². The van der Waals surface area contributed by atoms with E-state index in [-0.39, 0.29) is 23.6 Å². The van der Waals surface area contributed by atoms with Crippen molar-refractivity contribution in [3.8, 4) is 0 Å². The molecule has 0 aromatic carbocycles. The second-order valence-electron chi connectivity index (χ2n) is 4.80. The van der Waals surface area contributed by atoms with Crippen molar-refractivity contribution in [3.63, 3.8) is 0 Å². The minimum Gasteiger partial charge on any atom is -0.368 e. The van der Waals surface area contributed by atoms with Gasteiger partial charge in [-0.05, 0) is 31.4 Å². The van der Waals surface area contributed by atoms with E-state index in [4.69, 9.17) is 0 Å². The highest BCUT2D eigenvalue weighted by molar-refractivity contribution is 5.78. The Bertz CT molecular complexity index is 438. The largest absolute Gasteiger partial charge is 0.368 e. The number of rotatable bonds is 6. The molecule has 1 N–H and O–H groups in total. The molecule has 0 spiro atoms. The number of pyridine rings is 1. The Morgan fingerprint density at radius 1 is 1.58 bits per heavy atom. The van der Waals surface area contributed by atoms with Crippen molar-refractivity contribution in [3.05, 3.63) is 24.1 Å². The minimum absolute atomic E-state index is 0.245. The van der Waals surface area contributed by atoms with Gasteiger partial charge in [0.15, 0.2) is 11.6 Å². The lowest BCUT2D eigenvalue weighted by Gasteiger charge is -2.27. The normalized spacial score (nSPS) is 16.7. The van der Waals surface area contributed by atoms with E-state index in [9.17, 15) is 9.18 Å². The smallest absolute Gasteiger partial charge is 0.222 e. The molecule has 19 heavy (non-hydrogen) atoms. The summed E-state index contributed by atoms with van der Waals surface area (Å²) >= 11 is 0. The van der Waals surface area contributed by atoms with Crippen LogP contribution in [0.25, 0.3) is 0 Å². The van der Waals surface area contributed by atoms with Gasteiger partial charge in [0, 0.05) is 31.7 Å². The highest BCUT2D eigenvalue weighted by Crippen LogP contribution is 2.18. The molecule has 1 unspecified atom stereocenters. The number of hydrogen-bond donors (Lipinski definition) is 1. The van der Waals surface area contributed by atoms with E-state index >= 15 is 0 Å². The predicted octanol–water partition coefficient (Wildman–Crippen LogP) is 2.42. The number of anilines is 1. The summed E-state index contributed by atoms with van der Waals surface area (Å²) in [5.74, 6) is 0.189. The SMILES string of the molecule is CCC(CCNc1ncccc1F)N1CCCC1=O. The first-order valence-electron chi connectivity index (χ1n) is 6.86. The number of amides is 1. The van der Waals surface area contributed by atoms with Crippen LogP contribution in [0.15, 0.2) is 18.3 Å². The molecule has 2 heterocycles. The summed E-state index contributed by atoms with van der Waals surface area (Å²) in [5, 5.41) is 2.99. The first-order valence-corrected chi connectivity index (χ1v) is 6.86. The van der Waals surface area contributed by atoms with Crippen molar-refractivity contribution in [1.29, 1.82) is 0 Å². The average molecular weight is 265 g/mol. The molecule has 4 nitrogen and oxygen atoms in total. The van der Waals surface area contributed by atoms with E-state index in [0.29, 0.717) is 13.0 Å². The van der Waals surface area contributed by atoms with Crippen LogP contribution >= 0.6 is 0 Å². The summed E-state index contributed by atoms with van der Waals surface area (Å²) in [6.45, 7) is 3.56. The Morgan fingerprint density at radius 2 is 2.42 bits per heavy atom. The van der Waals surface area contributed by atoms with E-state index in [1.807, 2.05) is 4.90 Å². The van der Waals surface area contributed by atoms with Crippen LogP contribution in [0.5, 0.6) is 0 Å². The number of hydrogen-bond acceptors (Lipinski definition) is 3. The number of nitrogens with one attached hydrogen (secondary N) is 1. The summed E-state index contributed by atoms with van der Waals surface area (Å²) in [6.07, 6.45) is 4.93. The quantitative estimate of drug-likeness (QED) is 0.859. The molecule has 104 valence electrons. The van der Waals surface area contributed by atoms with Gasteiger partial charge in [-0.25, -0.2) is 9.37 Å². The maximum absolute atomic E-state index is 13.4. The maximum Gasteiger partial charge on any atom is 0.222 e. The zero-order valence-electron chi connectivity index (χ0n) is 11.2. The second-order valence-corrected chi connectivity index (χ2v) is 4.80. The van der Waals surface area contributed by atoms with E-state index in [1.54, 1.807) is 12.3 Å². The van der Waals surface area contributed by atoms with Crippen LogP contribution < -0.4 is 5.32 Å². The fourth-order valence-electron chi connectivity index (χ4n) is 2.51. The van der Waals surface area contributed by atoms with Crippen molar-refractivity contribution in [2.75, 3.05) is 18.4 Å². The lowest BCUT2D eigenvalue weighted by atomic mass is 10.1. The standard InChI is InChI=1S/C14H20FN3O/c1-2-11(18-10-4-6-13(18)19)7-9-17-14-12(15)5-3-8-16-14/h3,5,8,11H,2,4,6-7,9-10H2,1H3,(H,16,17). The van der Waals surface area contributed by atoms with E-state index < -0.39 is 0 Å². The van der Waals surface area contributed by atoms with Gasteiger partial charge in [-0.3, -0.25) is 4.79 Å². The summed E-state index contributed by atoms with van der Waals surface area (Å²) in [6, 6.07) is 3.20. The van der Waals surface area contributed by atoms with Crippen LogP contribution in [0.2, 0.25) is 0 Å². The topological polar surface area (TPSA) is 45.2 Å². The molecule has 1 aromatic rings. The fourth-order valence-corrected chi connectivity index (χ4v) is 2.51. The van der Waals surface area contributed by atoms with Gasteiger partial charge in [-0.2, -0.15) is 0 Å². The van der Waals surface area contributed by atoms with Crippen LogP contribution in [-0.4, -0.2) is 34.9 Å². The Morgan fingerprint density at radius 3 is 3.05 bits per heavy atom. The van der Waals surface area contributed by atoms with Crippen molar-refractivity contribution < 1.29 is 9.18 Å². The number of likely N-dealkylation sites (tertiary alicyclic amines) is 1. The molecule has 1 amide bonds. The molecule has 0 bridgehead atoms. The molecular weight excluding hydrogens is 245 g/mol. The van der Waals surface area contributed by atoms with Crippen LogP contribution in [-0.2, 0) is 4.79 Å². The number of nitrogens with zero attached hydrogens (tertiary/aromatic N) is 2. The number of carbonyl (C=O) groups is 1. The lowest BCUT2D eigenvalue weighted by molar-refractivity contribution is -0.129. The van der Waals surface area contributed by atoms with E-state index in [0.717, 1.165) is 25.8 Å². The Hall–Kier alpha value is -1.65. The van der Waals surface area contributed by atoms with Gasteiger partial charge >= 0.3 is 0 Å². The number of carbonyl (C=O) groups excluding carboxylic acids is 1. The first-order chi connectivity index (χ1) is 9.22. The highest BCUT2D eigenvalue weighted by Gasteiger charge is 2.26. The molecular formula is C14H20FN3O. The Labute approximate surface area is 113 Å². The number of halogens is 1. The molecule has 5 heteroatoms. The molecule has 1 aliphatic rings. The van der Waals surface area contributed by atoms with Crippen molar-refractivity contribution in [2.24, 2.45) is 0 Å². The lowest BCUT2D eigenvalue weighted by Crippen LogP contribution is -2.37. The third-order valence-electron chi connectivity index (χ3n) is 3.55. The van der Waals surface area contributed by atoms with Gasteiger partial charge in [0.05, 0.1) is 0 Å². The molecule has 1 fully saturated rings. The minimum atomic E-state index is -0.340. The number of aromatic nitrogens is 1. The van der Waals surface area contributed by atoms with Crippen molar-refractivity contribution in [2.45, 2.75) is 38.6 Å².